The molecule has 0 spiro atoms. The molecule has 0 aliphatic rings. The maximum Gasteiger partial charge on any atom is 0.337 e. The summed E-state index contributed by atoms with van der Waals surface area (Å²) >= 11 is 5.92. The van der Waals surface area contributed by atoms with E-state index in [0.29, 0.717) is 10.8 Å². The molecule has 4 heteroatoms. The number of carbonyl (C=O) groups is 1. The Labute approximate surface area is 91.5 Å². The number of para-hydroxylation sites is 1. The fourth-order valence-electron chi connectivity index (χ4n) is 1.42. The topological polar surface area (TPSA) is 42.2 Å². The first-order valence-electron chi connectivity index (χ1n) is 4.35. The van der Waals surface area contributed by atoms with Crippen molar-refractivity contribution >= 4 is 17.6 Å². The van der Waals surface area contributed by atoms with Crippen LogP contribution in [-0.2, 0) is 0 Å². The summed E-state index contributed by atoms with van der Waals surface area (Å²) in [5.41, 5.74) is 0.801. The number of hydrogen-bond donors (Lipinski definition) is 1. The van der Waals surface area contributed by atoms with Crippen molar-refractivity contribution in [3.05, 3.63) is 53.3 Å². The molecule has 3 nitrogen and oxygen atoms in total. The third kappa shape index (κ3) is 1.74. The van der Waals surface area contributed by atoms with Gasteiger partial charge in [0.05, 0.1) is 11.3 Å². The van der Waals surface area contributed by atoms with Crippen LogP contribution in [0.2, 0.25) is 5.15 Å². The molecular weight excluding hydrogens is 214 g/mol. The van der Waals surface area contributed by atoms with Gasteiger partial charge in [0.15, 0.2) is 0 Å². The molecule has 0 saturated heterocycles. The monoisotopic (exact) mass is 221 g/mol. The molecule has 1 heterocycles. The molecule has 15 heavy (non-hydrogen) atoms. The summed E-state index contributed by atoms with van der Waals surface area (Å²) in [4.78, 5) is 11.0. The average Bonchev–Trinajstić information content (AvgIpc) is 2.64. The summed E-state index contributed by atoms with van der Waals surface area (Å²) in [7, 11) is 0. The Hall–Kier alpha value is -1.74. The smallest absolute Gasteiger partial charge is 0.337 e. The van der Waals surface area contributed by atoms with Gasteiger partial charge in [-0.3, -0.25) is 0 Å². The maximum atomic E-state index is 11.0. The van der Waals surface area contributed by atoms with E-state index in [2.05, 4.69) is 0 Å². The van der Waals surface area contributed by atoms with Gasteiger partial charge < -0.3 is 9.67 Å². The Balaban J connectivity index is 2.63. The van der Waals surface area contributed by atoms with Crippen LogP contribution < -0.4 is 0 Å². The molecule has 0 aliphatic heterocycles. The van der Waals surface area contributed by atoms with Crippen LogP contribution in [0.4, 0.5) is 0 Å². The highest BCUT2D eigenvalue weighted by Crippen LogP contribution is 2.20. The number of nitrogens with zero attached hydrogens (tertiary/aromatic N) is 1. The number of aromatic nitrogens is 1. The van der Waals surface area contributed by atoms with E-state index in [0.717, 1.165) is 0 Å². The number of aromatic carboxylic acids is 1. The van der Waals surface area contributed by atoms with Crippen molar-refractivity contribution in [1.82, 2.24) is 4.57 Å². The molecule has 1 N–H and O–H groups in total. The van der Waals surface area contributed by atoms with Crippen molar-refractivity contribution in [3.63, 3.8) is 0 Å². The van der Waals surface area contributed by atoms with Crippen LogP contribution >= 0.6 is 11.6 Å². The van der Waals surface area contributed by atoms with Crippen molar-refractivity contribution in [1.29, 1.82) is 0 Å². The molecule has 0 saturated carbocycles. The van der Waals surface area contributed by atoms with E-state index in [-0.39, 0.29) is 5.56 Å². The zero-order valence-corrected chi connectivity index (χ0v) is 8.48. The number of benzene rings is 1. The second-order valence-electron chi connectivity index (χ2n) is 3.02. The van der Waals surface area contributed by atoms with E-state index in [1.165, 1.54) is 0 Å². The summed E-state index contributed by atoms with van der Waals surface area (Å²) in [6.07, 6.45) is 1.73. The van der Waals surface area contributed by atoms with E-state index >= 15 is 0 Å². The van der Waals surface area contributed by atoms with Crippen LogP contribution in [0.3, 0.4) is 0 Å². The fraction of sp³-hybridized carbons (Fsp3) is 0. The van der Waals surface area contributed by atoms with Crippen molar-refractivity contribution in [2.45, 2.75) is 0 Å². The van der Waals surface area contributed by atoms with E-state index in [4.69, 9.17) is 16.7 Å². The van der Waals surface area contributed by atoms with Crippen molar-refractivity contribution in [3.8, 4) is 5.69 Å². The zero-order valence-electron chi connectivity index (χ0n) is 7.72. The predicted molar refractivity (Wildman–Crippen MR) is 57.7 cm³/mol. The summed E-state index contributed by atoms with van der Waals surface area (Å²) in [5.74, 6) is -0.963. The van der Waals surface area contributed by atoms with Crippen molar-refractivity contribution < 1.29 is 9.90 Å². The lowest BCUT2D eigenvalue weighted by Gasteiger charge is -2.07. The standard InChI is InChI=1S/C11H8ClNO2/c12-10-6-3-7-13(10)9-5-2-1-4-8(9)11(14)15/h1-7H,(H,14,15). The highest BCUT2D eigenvalue weighted by Gasteiger charge is 2.11. The predicted octanol–water partition coefficient (Wildman–Crippen LogP) is 2.83. The Morgan fingerprint density at radius 2 is 1.93 bits per heavy atom. The van der Waals surface area contributed by atoms with Crippen LogP contribution in [0.1, 0.15) is 10.4 Å². The minimum Gasteiger partial charge on any atom is -0.478 e. The second-order valence-corrected chi connectivity index (χ2v) is 3.41. The first kappa shape index (κ1) is 9.80. The van der Waals surface area contributed by atoms with Crippen molar-refractivity contribution in [2.24, 2.45) is 0 Å². The van der Waals surface area contributed by atoms with Crippen molar-refractivity contribution in [2.75, 3.05) is 0 Å². The summed E-state index contributed by atoms with van der Waals surface area (Å²) < 4.78 is 1.63. The first-order chi connectivity index (χ1) is 7.20. The van der Waals surface area contributed by atoms with Gasteiger partial charge >= 0.3 is 5.97 Å². The van der Waals surface area contributed by atoms with Gasteiger partial charge in [-0.05, 0) is 24.3 Å². The van der Waals surface area contributed by atoms with Gasteiger partial charge in [-0.1, -0.05) is 23.7 Å². The molecule has 2 aromatic rings. The van der Waals surface area contributed by atoms with Gasteiger partial charge in [-0.2, -0.15) is 0 Å². The Kier molecular flexibility index (Phi) is 2.47. The van der Waals surface area contributed by atoms with Gasteiger partial charge in [0, 0.05) is 6.20 Å². The number of carboxylic acids is 1. The molecule has 2 rings (SSSR count). The summed E-state index contributed by atoms with van der Waals surface area (Å²) in [5, 5.41) is 9.49. The van der Waals surface area contributed by atoms with Gasteiger partial charge in [0.2, 0.25) is 0 Å². The normalized spacial score (nSPS) is 10.2. The molecule has 1 aromatic heterocycles. The number of carboxylic acid groups (broad SMARTS) is 1. The molecule has 0 unspecified atom stereocenters. The quantitative estimate of drug-likeness (QED) is 0.847. The Bertz CT molecular complexity index is 505. The number of halogens is 1. The average molecular weight is 222 g/mol. The zero-order chi connectivity index (χ0) is 10.8. The minimum atomic E-state index is -0.963. The van der Waals surface area contributed by atoms with E-state index in [1.807, 2.05) is 0 Å². The number of hydrogen-bond acceptors (Lipinski definition) is 1. The summed E-state index contributed by atoms with van der Waals surface area (Å²) in [6.45, 7) is 0. The van der Waals surface area contributed by atoms with E-state index < -0.39 is 5.97 Å². The van der Waals surface area contributed by atoms with Gasteiger partial charge in [-0.25, -0.2) is 4.79 Å². The second kappa shape index (κ2) is 3.79. The van der Waals surface area contributed by atoms with Gasteiger partial charge in [-0.15, -0.1) is 0 Å². The molecule has 0 amide bonds. The largest absolute Gasteiger partial charge is 0.478 e. The lowest BCUT2D eigenvalue weighted by molar-refractivity contribution is 0.0697. The lowest BCUT2D eigenvalue weighted by atomic mass is 10.2. The van der Waals surface area contributed by atoms with Gasteiger partial charge in [0.25, 0.3) is 0 Å². The van der Waals surface area contributed by atoms with Crippen LogP contribution in [0, 0.1) is 0 Å². The molecule has 1 aromatic carbocycles. The van der Waals surface area contributed by atoms with Gasteiger partial charge in [0.1, 0.15) is 5.15 Å². The molecule has 0 aliphatic carbocycles. The highest BCUT2D eigenvalue weighted by molar-refractivity contribution is 6.30. The Morgan fingerprint density at radius 1 is 1.20 bits per heavy atom. The minimum absolute atomic E-state index is 0.232. The Morgan fingerprint density at radius 3 is 2.53 bits per heavy atom. The lowest BCUT2D eigenvalue weighted by Crippen LogP contribution is -2.04. The maximum absolute atomic E-state index is 11.0. The molecule has 0 fully saturated rings. The third-order valence-electron chi connectivity index (χ3n) is 2.09. The molecule has 76 valence electrons. The molecule has 0 radical (unpaired) electrons. The fourth-order valence-corrected chi connectivity index (χ4v) is 1.64. The summed E-state index contributed by atoms with van der Waals surface area (Å²) in [6, 6.07) is 10.2. The molecule has 0 atom stereocenters. The molecular formula is C11H8ClNO2. The number of rotatable bonds is 2. The SMILES string of the molecule is O=C(O)c1ccccc1-n1cccc1Cl. The first-order valence-corrected chi connectivity index (χ1v) is 4.73. The van der Waals surface area contributed by atoms with Crippen LogP contribution in [0.15, 0.2) is 42.6 Å². The van der Waals surface area contributed by atoms with E-state index in [1.54, 1.807) is 47.2 Å². The molecule has 0 bridgehead atoms. The highest BCUT2D eigenvalue weighted by atomic mass is 35.5. The van der Waals surface area contributed by atoms with Crippen LogP contribution in [-0.4, -0.2) is 15.6 Å². The van der Waals surface area contributed by atoms with Crippen LogP contribution in [0.5, 0.6) is 0 Å². The van der Waals surface area contributed by atoms with E-state index in [9.17, 15) is 4.79 Å². The third-order valence-corrected chi connectivity index (χ3v) is 2.40. The van der Waals surface area contributed by atoms with Crippen LogP contribution in [0.25, 0.3) is 5.69 Å².